The molecule has 0 fully saturated rings. The van der Waals surface area contributed by atoms with Crippen molar-refractivity contribution in [1.29, 1.82) is 0 Å². The molecule has 5 nitrogen and oxygen atoms in total. The van der Waals surface area contributed by atoms with Crippen LogP contribution in [0.2, 0.25) is 0 Å². The number of para-hydroxylation sites is 3. The first kappa shape index (κ1) is 45.5. The van der Waals surface area contributed by atoms with E-state index in [1.54, 1.807) is 6.07 Å². The summed E-state index contributed by atoms with van der Waals surface area (Å²) in [4.78, 5) is 10.3. The molecule has 0 unspecified atom stereocenters. The molecule has 10 aromatic rings. The number of aromatic hydroxyl groups is 1. The Morgan fingerprint density at radius 2 is 1.13 bits per heavy atom. The summed E-state index contributed by atoms with van der Waals surface area (Å²) < 4.78 is 19.0. The van der Waals surface area contributed by atoms with E-state index in [0.29, 0.717) is 11.4 Å². The number of aromatic nitrogens is 4. The molecule has 0 aliphatic carbocycles. The van der Waals surface area contributed by atoms with E-state index in [2.05, 4.69) is 211 Å². The summed E-state index contributed by atoms with van der Waals surface area (Å²) >= 11 is 0. The molecule has 1 N–H and O–H groups in total. The van der Waals surface area contributed by atoms with Crippen molar-refractivity contribution in [3.63, 3.8) is 0 Å². The Hall–Kier alpha value is -6.62. The standard InChI is InChI=1S/C60H54FN4O.Pt/c1-58(2,3)41-29-39(28-40(30-41)51-31-38(26-27-62-51)37-22-24-49-48-18-13-14-20-52(48)64(54(49)32-37)45-16-11-10-12-17-45)47-19-15-21-53-56(47)63-57(50-25-23-44(61)36-55(50)66)65(53)46-34-42(59(4,5)6)33-43(35-46)60(7,8)9;/h10-27,29-36,66H,1-9H3;/q-1;. The molecule has 67 heavy (non-hydrogen) atoms. The molecule has 338 valence electrons. The van der Waals surface area contributed by atoms with Gasteiger partial charge in [0.1, 0.15) is 17.4 Å². The fourth-order valence-corrected chi connectivity index (χ4v) is 9.11. The normalized spacial score (nSPS) is 12.3. The predicted octanol–water partition coefficient (Wildman–Crippen LogP) is 15.7. The number of benzene rings is 7. The minimum atomic E-state index is -0.515. The Bertz CT molecular complexity index is 3480. The summed E-state index contributed by atoms with van der Waals surface area (Å²) in [5, 5.41) is 13.8. The zero-order valence-corrected chi connectivity index (χ0v) is 41.7. The van der Waals surface area contributed by atoms with Gasteiger partial charge in [-0.3, -0.25) is 9.55 Å². The van der Waals surface area contributed by atoms with Crippen molar-refractivity contribution in [1.82, 2.24) is 19.1 Å². The third kappa shape index (κ3) is 8.42. The van der Waals surface area contributed by atoms with E-state index in [1.807, 2.05) is 6.20 Å². The molecule has 0 aliphatic heterocycles. The fraction of sp³-hybridized carbons (Fsp3) is 0.200. The van der Waals surface area contributed by atoms with Crippen molar-refractivity contribution in [3.8, 4) is 62.0 Å². The van der Waals surface area contributed by atoms with Crippen LogP contribution in [0.25, 0.3) is 89.1 Å². The van der Waals surface area contributed by atoms with Gasteiger partial charge in [-0.1, -0.05) is 146 Å². The van der Waals surface area contributed by atoms with Crippen molar-refractivity contribution in [2.24, 2.45) is 0 Å². The van der Waals surface area contributed by atoms with Gasteiger partial charge in [-0.05, 0) is 99.2 Å². The molecular formula is C60H54FN4OPt-. The van der Waals surface area contributed by atoms with Crippen LogP contribution in [0.3, 0.4) is 0 Å². The number of phenolic OH excluding ortho intramolecular Hbond substituents is 1. The van der Waals surface area contributed by atoms with Crippen molar-refractivity contribution in [3.05, 3.63) is 186 Å². The van der Waals surface area contributed by atoms with Crippen LogP contribution < -0.4 is 0 Å². The second-order valence-electron chi connectivity index (χ2n) is 20.7. The van der Waals surface area contributed by atoms with Crippen LogP contribution in [-0.4, -0.2) is 24.2 Å². The maximum atomic E-state index is 14.6. The third-order valence-electron chi connectivity index (χ3n) is 12.9. The topological polar surface area (TPSA) is 55.9 Å². The summed E-state index contributed by atoms with van der Waals surface area (Å²) in [5.41, 5.74) is 15.0. The van der Waals surface area contributed by atoms with Gasteiger partial charge in [0.15, 0.2) is 0 Å². The number of rotatable bonds is 6. The molecule has 0 atom stereocenters. The molecule has 0 radical (unpaired) electrons. The number of imidazole rings is 1. The van der Waals surface area contributed by atoms with Gasteiger partial charge in [-0.2, -0.15) is 0 Å². The zero-order valence-electron chi connectivity index (χ0n) is 39.4. The maximum absolute atomic E-state index is 14.6. The third-order valence-corrected chi connectivity index (χ3v) is 12.9. The molecule has 0 saturated heterocycles. The smallest absolute Gasteiger partial charge is 0.148 e. The van der Waals surface area contributed by atoms with Crippen LogP contribution in [-0.2, 0) is 37.3 Å². The number of hydrogen-bond donors (Lipinski definition) is 1. The van der Waals surface area contributed by atoms with Crippen molar-refractivity contribution < 1.29 is 30.6 Å². The number of hydrogen-bond acceptors (Lipinski definition) is 3. The van der Waals surface area contributed by atoms with Crippen LogP contribution in [0.15, 0.2) is 158 Å². The van der Waals surface area contributed by atoms with E-state index in [-0.39, 0.29) is 43.1 Å². The first-order chi connectivity index (χ1) is 31.4. The summed E-state index contributed by atoms with van der Waals surface area (Å²) in [6.45, 7) is 20.0. The van der Waals surface area contributed by atoms with Gasteiger partial charge in [0.25, 0.3) is 0 Å². The van der Waals surface area contributed by atoms with E-state index in [9.17, 15) is 9.50 Å². The molecule has 3 aromatic heterocycles. The van der Waals surface area contributed by atoms with Crippen molar-refractivity contribution in [2.45, 2.75) is 78.6 Å². The SMILES string of the molecule is CC(C)(C)c1cc(-c2cc(-c3ccc4c5ccccc5n(-c5ccccc5)c4c3)ccn2)[c-]c(-c2cccc3c2nc(-c2ccc(F)cc2O)n3-c2cc(C(C)(C)C)cc(C(C)(C)C)c2)c1.[Pt]. The van der Waals surface area contributed by atoms with Crippen LogP contribution in [0.5, 0.6) is 5.75 Å². The Balaban J connectivity index is 0.00000562. The van der Waals surface area contributed by atoms with Crippen molar-refractivity contribution in [2.75, 3.05) is 0 Å². The maximum Gasteiger partial charge on any atom is 0.148 e. The van der Waals surface area contributed by atoms with Crippen LogP contribution in [0.4, 0.5) is 4.39 Å². The molecule has 0 aliphatic rings. The summed E-state index contributed by atoms with van der Waals surface area (Å²) in [7, 11) is 0. The average molecular weight is 1060 g/mol. The Kier molecular flexibility index (Phi) is 11.5. The minimum absolute atomic E-state index is 0. The molecule has 0 amide bonds. The molecule has 3 heterocycles. The predicted molar refractivity (Wildman–Crippen MR) is 272 cm³/mol. The second-order valence-corrected chi connectivity index (χ2v) is 20.7. The van der Waals surface area contributed by atoms with Gasteiger partial charge in [-0.25, -0.2) is 9.37 Å². The Morgan fingerprint density at radius 3 is 1.84 bits per heavy atom. The largest absolute Gasteiger partial charge is 0.507 e. The van der Waals surface area contributed by atoms with Crippen LogP contribution >= 0.6 is 0 Å². The first-order valence-electron chi connectivity index (χ1n) is 22.7. The zero-order chi connectivity index (χ0) is 46.3. The van der Waals surface area contributed by atoms with Gasteiger partial charge in [0, 0.05) is 61.2 Å². The molecule has 10 rings (SSSR count). The molecule has 0 bridgehead atoms. The molecule has 7 aromatic carbocycles. The van der Waals surface area contributed by atoms with Gasteiger partial charge in [-0.15, -0.1) is 29.3 Å². The number of pyridine rings is 1. The van der Waals surface area contributed by atoms with E-state index in [4.69, 9.17) is 9.97 Å². The Labute approximate surface area is 407 Å². The van der Waals surface area contributed by atoms with E-state index < -0.39 is 5.82 Å². The average Bonchev–Trinajstić information content (AvgIpc) is 3.84. The van der Waals surface area contributed by atoms with E-state index in [1.165, 1.54) is 33.5 Å². The number of halogens is 1. The summed E-state index contributed by atoms with van der Waals surface area (Å²) in [5.74, 6) is -0.170. The van der Waals surface area contributed by atoms with E-state index in [0.717, 1.165) is 73.1 Å². The summed E-state index contributed by atoms with van der Waals surface area (Å²) in [6, 6.07) is 55.4. The molecule has 0 saturated carbocycles. The number of fused-ring (bicyclic) bond motifs is 4. The Morgan fingerprint density at radius 1 is 0.507 bits per heavy atom. The van der Waals surface area contributed by atoms with Gasteiger partial charge >= 0.3 is 0 Å². The molecule has 0 spiro atoms. The van der Waals surface area contributed by atoms with E-state index >= 15 is 0 Å². The minimum Gasteiger partial charge on any atom is -0.507 e. The monoisotopic (exact) mass is 1060 g/mol. The molecule has 7 heteroatoms. The van der Waals surface area contributed by atoms with Crippen molar-refractivity contribution >= 4 is 32.8 Å². The quantitative estimate of drug-likeness (QED) is 0.169. The number of phenols is 1. The number of nitrogens with zero attached hydrogens (tertiary/aromatic N) is 4. The van der Waals surface area contributed by atoms with Gasteiger partial charge in [0.05, 0.1) is 27.6 Å². The van der Waals surface area contributed by atoms with Crippen LogP contribution in [0, 0.1) is 11.9 Å². The first-order valence-corrected chi connectivity index (χ1v) is 22.7. The summed E-state index contributed by atoms with van der Waals surface area (Å²) in [6.07, 6.45) is 1.89. The van der Waals surface area contributed by atoms with Crippen LogP contribution in [0.1, 0.15) is 79.0 Å². The fourth-order valence-electron chi connectivity index (χ4n) is 9.11. The van der Waals surface area contributed by atoms with Gasteiger partial charge in [0.2, 0.25) is 0 Å². The molecular weight excluding hydrogens is 1010 g/mol. The van der Waals surface area contributed by atoms with Gasteiger partial charge < -0.3 is 9.67 Å². The second kappa shape index (κ2) is 16.9.